The number of rotatable bonds is 6. The van der Waals surface area contributed by atoms with Crippen molar-refractivity contribution < 1.29 is 0 Å². The van der Waals surface area contributed by atoms with E-state index in [0.29, 0.717) is 6.04 Å². The van der Waals surface area contributed by atoms with Crippen molar-refractivity contribution in [3.63, 3.8) is 0 Å². The van der Waals surface area contributed by atoms with Crippen LogP contribution in [0.15, 0.2) is 24.3 Å². The first-order chi connectivity index (χ1) is 10.2. The zero-order chi connectivity index (χ0) is 14.8. The lowest BCUT2D eigenvalue weighted by Gasteiger charge is -2.28. The molecule has 4 unspecified atom stereocenters. The lowest BCUT2D eigenvalue weighted by molar-refractivity contribution is 0.280. The highest BCUT2D eigenvalue weighted by Crippen LogP contribution is 2.50. The summed E-state index contributed by atoms with van der Waals surface area (Å²) in [5, 5.41) is 3.72. The lowest BCUT2D eigenvalue weighted by Crippen LogP contribution is -2.25. The molecule has 2 bridgehead atoms. The van der Waals surface area contributed by atoms with Gasteiger partial charge in [0, 0.05) is 25.8 Å². The number of anilines is 1. The van der Waals surface area contributed by atoms with Crippen molar-refractivity contribution in [3.05, 3.63) is 29.8 Å². The summed E-state index contributed by atoms with van der Waals surface area (Å²) >= 11 is 0. The minimum absolute atomic E-state index is 0.538. The minimum atomic E-state index is 0.538. The smallest absolute Gasteiger partial charge is 0.0361 e. The Hall–Kier alpha value is -1.02. The van der Waals surface area contributed by atoms with Gasteiger partial charge in [-0.3, -0.25) is 0 Å². The molecule has 4 atom stereocenters. The quantitative estimate of drug-likeness (QED) is 0.842. The molecule has 2 fully saturated rings. The Morgan fingerprint density at radius 2 is 1.90 bits per heavy atom. The van der Waals surface area contributed by atoms with Gasteiger partial charge in [0.15, 0.2) is 0 Å². The normalized spacial score (nSPS) is 28.8. The second kappa shape index (κ2) is 6.39. The van der Waals surface area contributed by atoms with Crippen LogP contribution in [-0.2, 0) is 0 Å². The Morgan fingerprint density at radius 3 is 2.43 bits per heavy atom. The fraction of sp³-hybridized carbons (Fsp3) is 0.684. The highest BCUT2D eigenvalue weighted by atomic mass is 15.1. The van der Waals surface area contributed by atoms with E-state index >= 15 is 0 Å². The first-order valence-electron chi connectivity index (χ1n) is 8.68. The van der Waals surface area contributed by atoms with Crippen LogP contribution in [0.1, 0.15) is 50.6 Å². The summed E-state index contributed by atoms with van der Waals surface area (Å²) < 4.78 is 0. The Morgan fingerprint density at radius 1 is 1.14 bits per heavy atom. The molecule has 0 amide bonds. The molecule has 0 saturated heterocycles. The van der Waals surface area contributed by atoms with Crippen LogP contribution in [0.2, 0.25) is 0 Å². The summed E-state index contributed by atoms with van der Waals surface area (Å²) in [7, 11) is 4.21. The van der Waals surface area contributed by atoms with E-state index in [-0.39, 0.29) is 0 Å². The highest BCUT2D eigenvalue weighted by molar-refractivity contribution is 5.46. The van der Waals surface area contributed by atoms with E-state index in [0.717, 1.165) is 24.3 Å². The van der Waals surface area contributed by atoms with E-state index in [1.807, 2.05) is 0 Å². The number of nitrogens with zero attached hydrogens (tertiary/aromatic N) is 1. The van der Waals surface area contributed by atoms with E-state index in [1.54, 1.807) is 0 Å². The van der Waals surface area contributed by atoms with Gasteiger partial charge in [-0.05, 0) is 67.7 Å². The van der Waals surface area contributed by atoms with Crippen molar-refractivity contribution in [2.45, 2.75) is 45.1 Å². The maximum atomic E-state index is 3.72. The molecule has 116 valence electrons. The van der Waals surface area contributed by atoms with Gasteiger partial charge in [0.05, 0.1) is 0 Å². The van der Waals surface area contributed by atoms with Gasteiger partial charge >= 0.3 is 0 Å². The largest absolute Gasteiger partial charge is 0.378 e. The summed E-state index contributed by atoms with van der Waals surface area (Å²) in [4.78, 5) is 2.17. The second-order valence-electron chi connectivity index (χ2n) is 7.27. The zero-order valence-electron chi connectivity index (χ0n) is 13.8. The fourth-order valence-electron chi connectivity index (χ4n) is 4.56. The van der Waals surface area contributed by atoms with E-state index in [4.69, 9.17) is 0 Å². The number of hydrogen-bond donors (Lipinski definition) is 1. The topological polar surface area (TPSA) is 15.3 Å². The van der Waals surface area contributed by atoms with E-state index in [9.17, 15) is 0 Å². The molecule has 21 heavy (non-hydrogen) atoms. The van der Waals surface area contributed by atoms with E-state index in [2.05, 4.69) is 55.5 Å². The van der Waals surface area contributed by atoms with Crippen LogP contribution >= 0.6 is 0 Å². The van der Waals surface area contributed by atoms with Gasteiger partial charge in [-0.2, -0.15) is 0 Å². The molecule has 1 aromatic carbocycles. The molecule has 0 radical (unpaired) electrons. The van der Waals surface area contributed by atoms with Crippen molar-refractivity contribution in [2.75, 3.05) is 25.5 Å². The number of nitrogens with one attached hydrogen (secondary N) is 1. The van der Waals surface area contributed by atoms with Gasteiger partial charge in [-0.15, -0.1) is 0 Å². The van der Waals surface area contributed by atoms with Gasteiger partial charge in [0.1, 0.15) is 0 Å². The van der Waals surface area contributed by atoms with Crippen molar-refractivity contribution in [1.29, 1.82) is 0 Å². The molecule has 2 aliphatic rings. The third-order valence-corrected chi connectivity index (χ3v) is 5.69. The molecule has 2 nitrogen and oxygen atoms in total. The average molecular weight is 286 g/mol. The van der Waals surface area contributed by atoms with E-state index < -0.39 is 0 Å². The summed E-state index contributed by atoms with van der Waals surface area (Å²) in [6, 6.07) is 9.67. The van der Waals surface area contributed by atoms with Crippen LogP contribution in [0.25, 0.3) is 0 Å². The van der Waals surface area contributed by atoms with Crippen LogP contribution in [0.5, 0.6) is 0 Å². The van der Waals surface area contributed by atoms with Crippen LogP contribution in [0, 0.1) is 17.8 Å². The average Bonchev–Trinajstić information content (AvgIpc) is 3.09. The Balaban J connectivity index is 1.68. The monoisotopic (exact) mass is 286 g/mol. The second-order valence-corrected chi connectivity index (χ2v) is 7.27. The Labute approximate surface area is 129 Å². The zero-order valence-corrected chi connectivity index (χ0v) is 13.8. The minimum Gasteiger partial charge on any atom is -0.378 e. The predicted octanol–water partition coefficient (Wildman–Crippen LogP) is 4.23. The summed E-state index contributed by atoms with van der Waals surface area (Å²) in [5.41, 5.74) is 2.75. The van der Waals surface area contributed by atoms with Crippen molar-refractivity contribution in [1.82, 2.24) is 5.32 Å². The van der Waals surface area contributed by atoms with E-state index in [1.165, 1.54) is 43.4 Å². The molecule has 2 aliphatic carbocycles. The van der Waals surface area contributed by atoms with Crippen LogP contribution in [0.4, 0.5) is 5.69 Å². The van der Waals surface area contributed by atoms with Crippen molar-refractivity contribution in [2.24, 2.45) is 17.8 Å². The molecule has 2 heteroatoms. The molecule has 0 aromatic heterocycles. The standard InChI is InChI=1S/C19H30N2/c1-4-20-19(13-17-12-14-5-6-16(17)11-14)15-7-9-18(10-8-15)21(2)3/h7-10,14,16-17,19-20H,4-6,11-13H2,1-3H3. The molecular weight excluding hydrogens is 256 g/mol. The van der Waals surface area contributed by atoms with Gasteiger partial charge < -0.3 is 10.2 Å². The Bertz CT molecular complexity index is 451. The summed E-state index contributed by atoms with van der Waals surface area (Å²) in [6.45, 7) is 3.28. The van der Waals surface area contributed by atoms with Gasteiger partial charge in [0.2, 0.25) is 0 Å². The molecule has 3 rings (SSSR count). The van der Waals surface area contributed by atoms with Crippen molar-refractivity contribution in [3.8, 4) is 0 Å². The maximum Gasteiger partial charge on any atom is 0.0361 e. The molecule has 2 saturated carbocycles. The summed E-state index contributed by atoms with van der Waals surface area (Å²) in [6.07, 6.45) is 7.33. The van der Waals surface area contributed by atoms with Gasteiger partial charge in [-0.1, -0.05) is 25.5 Å². The van der Waals surface area contributed by atoms with Crippen LogP contribution < -0.4 is 10.2 Å². The van der Waals surface area contributed by atoms with Gasteiger partial charge in [-0.25, -0.2) is 0 Å². The summed E-state index contributed by atoms with van der Waals surface area (Å²) in [5.74, 6) is 3.04. The third kappa shape index (κ3) is 3.26. The molecular formula is C19H30N2. The number of hydrogen-bond acceptors (Lipinski definition) is 2. The highest BCUT2D eigenvalue weighted by Gasteiger charge is 2.40. The van der Waals surface area contributed by atoms with Crippen LogP contribution in [0.3, 0.4) is 0 Å². The van der Waals surface area contributed by atoms with Crippen molar-refractivity contribution >= 4 is 5.69 Å². The SMILES string of the molecule is CCNC(CC1CC2CCC1C2)c1ccc(N(C)C)cc1. The molecule has 1 N–H and O–H groups in total. The Kier molecular flexibility index (Phi) is 4.54. The fourth-order valence-corrected chi connectivity index (χ4v) is 4.56. The first kappa shape index (κ1) is 14.9. The first-order valence-corrected chi connectivity index (χ1v) is 8.68. The molecule has 0 spiro atoms. The van der Waals surface area contributed by atoms with Gasteiger partial charge in [0.25, 0.3) is 0 Å². The molecule has 0 aliphatic heterocycles. The number of fused-ring (bicyclic) bond motifs is 2. The van der Waals surface area contributed by atoms with Crippen LogP contribution in [-0.4, -0.2) is 20.6 Å². The third-order valence-electron chi connectivity index (χ3n) is 5.69. The maximum absolute atomic E-state index is 3.72. The molecule has 1 aromatic rings. The number of benzene rings is 1. The lowest BCUT2D eigenvalue weighted by atomic mass is 9.82. The molecule has 0 heterocycles. The predicted molar refractivity (Wildman–Crippen MR) is 90.7 cm³/mol.